The van der Waals surface area contributed by atoms with Crippen LogP contribution in [-0.4, -0.2) is 22.2 Å². The zero-order valence-electron chi connectivity index (χ0n) is 10.8. The third-order valence-electron chi connectivity index (χ3n) is 2.62. The Hall–Kier alpha value is -3.22. The second-order valence-corrected chi connectivity index (χ2v) is 4.06. The van der Waals surface area contributed by atoms with Gasteiger partial charge in [-0.2, -0.15) is 5.10 Å². The van der Waals surface area contributed by atoms with Crippen LogP contribution in [0.4, 0.5) is 5.69 Å². The van der Waals surface area contributed by atoms with Gasteiger partial charge >= 0.3 is 0 Å². The average molecular weight is 285 g/mol. The first-order chi connectivity index (χ1) is 10.1. The number of nitrogens with one attached hydrogen (secondary N) is 1. The Morgan fingerprint density at radius 3 is 2.52 bits per heavy atom. The minimum atomic E-state index is -0.669. The van der Waals surface area contributed by atoms with E-state index in [4.69, 9.17) is 5.11 Å². The molecule has 0 bridgehead atoms. The molecular formula is C14H11N3O4. The number of phenolic OH excluding ortho intramolecular Hbond substituents is 1. The predicted molar refractivity (Wildman–Crippen MR) is 76.3 cm³/mol. The molecule has 0 radical (unpaired) electrons. The molecule has 0 spiro atoms. The van der Waals surface area contributed by atoms with Crippen LogP contribution in [0.5, 0.6) is 5.75 Å². The number of hydrazone groups is 1. The quantitative estimate of drug-likeness (QED) is 0.509. The number of carbonyl (C=O) groups is 1. The first kappa shape index (κ1) is 14.2. The molecule has 106 valence electrons. The number of amides is 1. The Labute approximate surface area is 119 Å². The molecule has 7 heteroatoms. The lowest BCUT2D eigenvalue weighted by molar-refractivity contribution is -0.385. The van der Waals surface area contributed by atoms with Gasteiger partial charge in [0.05, 0.1) is 11.1 Å². The molecule has 2 aromatic carbocycles. The zero-order valence-corrected chi connectivity index (χ0v) is 10.8. The molecule has 2 N–H and O–H groups in total. The van der Waals surface area contributed by atoms with Crippen molar-refractivity contribution < 1.29 is 14.8 Å². The van der Waals surface area contributed by atoms with Gasteiger partial charge in [0.15, 0.2) is 0 Å². The second kappa shape index (κ2) is 6.29. The first-order valence-corrected chi connectivity index (χ1v) is 5.94. The van der Waals surface area contributed by atoms with Gasteiger partial charge in [-0.15, -0.1) is 0 Å². The highest BCUT2D eigenvalue weighted by molar-refractivity contribution is 5.98. The summed E-state index contributed by atoms with van der Waals surface area (Å²) in [5.74, 6) is -0.548. The van der Waals surface area contributed by atoms with E-state index in [0.717, 1.165) is 0 Å². The van der Waals surface area contributed by atoms with Gasteiger partial charge in [0.25, 0.3) is 11.6 Å². The van der Waals surface area contributed by atoms with E-state index in [9.17, 15) is 14.9 Å². The summed E-state index contributed by atoms with van der Waals surface area (Å²) >= 11 is 0. The van der Waals surface area contributed by atoms with E-state index in [1.165, 1.54) is 42.6 Å². The topological polar surface area (TPSA) is 105 Å². The predicted octanol–water partition coefficient (Wildman–Crippen LogP) is 2.06. The van der Waals surface area contributed by atoms with Gasteiger partial charge in [-0.05, 0) is 35.9 Å². The number of rotatable bonds is 4. The van der Waals surface area contributed by atoms with E-state index in [2.05, 4.69) is 10.5 Å². The van der Waals surface area contributed by atoms with Crippen LogP contribution in [0.1, 0.15) is 15.9 Å². The number of phenols is 1. The third-order valence-corrected chi connectivity index (χ3v) is 2.62. The summed E-state index contributed by atoms with van der Waals surface area (Å²) in [7, 11) is 0. The van der Waals surface area contributed by atoms with Crippen molar-refractivity contribution in [2.24, 2.45) is 5.10 Å². The average Bonchev–Trinajstić information content (AvgIpc) is 2.49. The number of hydrogen-bond donors (Lipinski definition) is 2. The summed E-state index contributed by atoms with van der Waals surface area (Å²) < 4.78 is 0. The standard InChI is InChI=1S/C14H11N3O4/c18-11-7-5-10(6-8-11)9-15-16-14(19)12-3-1-2-4-13(12)17(20)21/h1-9,18H,(H,16,19)/b15-9-. The SMILES string of the molecule is O=C(N/N=C\c1ccc(O)cc1)c1ccccc1[N+](=O)[O-]. The lowest BCUT2D eigenvalue weighted by Gasteiger charge is -2.01. The number of benzene rings is 2. The number of para-hydroxylation sites is 1. The summed E-state index contributed by atoms with van der Waals surface area (Å²) in [4.78, 5) is 22.0. The van der Waals surface area contributed by atoms with Gasteiger partial charge in [0.1, 0.15) is 11.3 Å². The first-order valence-electron chi connectivity index (χ1n) is 5.94. The van der Waals surface area contributed by atoms with Crippen molar-refractivity contribution in [1.29, 1.82) is 0 Å². The normalized spacial score (nSPS) is 10.5. The molecule has 0 aliphatic carbocycles. The van der Waals surface area contributed by atoms with Crippen molar-refractivity contribution in [3.63, 3.8) is 0 Å². The van der Waals surface area contributed by atoms with E-state index in [1.54, 1.807) is 12.1 Å². The van der Waals surface area contributed by atoms with Gasteiger partial charge in [-0.25, -0.2) is 5.43 Å². The Balaban J connectivity index is 2.08. The van der Waals surface area contributed by atoms with Crippen molar-refractivity contribution in [1.82, 2.24) is 5.43 Å². The molecular weight excluding hydrogens is 274 g/mol. The number of hydrogen-bond acceptors (Lipinski definition) is 5. The van der Waals surface area contributed by atoms with Crippen molar-refractivity contribution in [2.75, 3.05) is 0 Å². The highest BCUT2D eigenvalue weighted by Crippen LogP contribution is 2.17. The van der Waals surface area contributed by atoms with E-state index in [-0.39, 0.29) is 17.0 Å². The fourth-order valence-corrected chi connectivity index (χ4v) is 1.61. The zero-order chi connectivity index (χ0) is 15.2. The highest BCUT2D eigenvalue weighted by Gasteiger charge is 2.18. The summed E-state index contributed by atoms with van der Waals surface area (Å²) in [6, 6.07) is 11.8. The fraction of sp³-hybridized carbons (Fsp3) is 0. The van der Waals surface area contributed by atoms with Crippen LogP contribution in [0.25, 0.3) is 0 Å². The van der Waals surface area contributed by atoms with Crippen LogP contribution >= 0.6 is 0 Å². The van der Waals surface area contributed by atoms with Gasteiger partial charge in [-0.1, -0.05) is 12.1 Å². The number of aromatic hydroxyl groups is 1. The minimum absolute atomic E-state index is 0.0645. The van der Waals surface area contributed by atoms with Gasteiger partial charge in [0, 0.05) is 6.07 Å². The maximum Gasteiger partial charge on any atom is 0.282 e. The van der Waals surface area contributed by atoms with Crippen molar-refractivity contribution in [3.05, 3.63) is 69.8 Å². The molecule has 0 saturated carbocycles. The number of nitrogens with zero attached hydrogens (tertiary/aromatic N) is 2. The van der Waals surface area contributed by atoms with E-state index < -0.39 is 10.8 Å². The fourth-order valence-electron chi connectivity index (χ4n) is 1.61. The lowest BCUT2D eigenvalue weighted by atomic mass is 10.2. The van der Waals surface area contributed by atoms with E-state index in [1.807, 2.05) is 0 Å². The number of carbonyl (C=O) groups excluding carboxylic acids is 1. The molecule has 0 heterocycles. The highest BCUT2D eigenvalue weighted by atomic mass is 16.6. The Morgan fingerprint density at radius 1 is 1.19 bits per heavy atom. The van der Waals surface area contributed by atoms with Crippen LogP contribution in [0.2, 0.25) is 0 Å². The largest absolute Gasteiger partial charge is 0.508 e. The van der Waals surface area contributed by atoms with Crippen molar-refractivity contribution >= 4 is 17.8 Å². The van der Waals surface area contributed by atoms with Crippen LogP contribution < -0.4 is 5.43 Å². The molecule has 21 heavy (non-hydrogen) atoms. The number of nitro groups is 1. The van der Waals surface area contributed by atoms with E-state index >= 15 is 0 Å². The molecule has 0 unspecified atom stereocenters. The van der Waals surface area contributed by atoms with Crippen LogP contribution in [-0.2, 0) is 0 Å². The van der Waals surface area contributed by atoms with Crippen LogP contribution in [0.15, 0.2) is 53.6 Å². The summed E-state index contributed by atoms with van der Waals surface area (Å²) in [5, 5.41) is 23.7. The number of nitro benzene ring substituents is 1. The second-order valence-electron chi connectivity index (χ2n) is 4.06. The molecule has 7 nitrogen and oxygen atoms in total. The van der Waals surface area contributed by atoms with Gasteiger partial charge in [-0.3, -0.25) is 14.9 Å². The van der Waals surface area contributed by atoms with Crippen LogP contribution in [0, 0.1) is 10.1 Å². The lowest BCUT2D eigenvalue weighted by Crippen LogP contribution is -2.18. The molecule has 0 aromatic heterocycles. The Bertz CT molecular complexity index is 696. The maximum atomic E-state index is 11.8. The summed E-state index contributed by atoms with van der Waals surface area (Å²) in [5.41, 5.74) is 2.54. The molecule has 2 aromatic rings. The molecule has 0 fully saturated rings. The minimum Gasteiger partial charge on any atom is -0.508 e. The van der Waals surface area contributed by atoms with Crippen molar-refractivity contribution in [2.45, 2.75) is 0 Å². The molecule has 1 amide bonds. The van der Waals surface area contributed by atoms with Crippen LogP contribution in [0.3, 0.4) is 0 Å². The molecule has 0 aliphatic heterocycles. The molecule has 0 aliphatic rings. The Morgan fingerprint density at radius 2 is 1.86 bits per heavy atom. The maximum absolute atomic E-state index is 11.8. The Kier molecular flexibility index (Phi) is 4.25. The van der Waals surface area contributed by atoms with Gasteiger partial charge < -0.3 is 5.11 Å². The third kappa shape index (κ3) is 3.63. The summed E-state index contributed by atoms with van der Waals surface area (Å²) in [6.07, 6.45) is 1.37. The smallest absolute Gasteiger partial charge is 0.282 e. The van der Waals surface area contributed by atoms with Crippen molar-refractivity contribution in [3.8, 4) is 5.75 Å². The molecule has 2 rings (SSSR count). The monoisotopic (exact) mass is 285 g/mol. The molecule has 0 atom stereocenters. The van der Waals surface area contributed by atoms with Gasteiger partial charge in [0.2, 0.25) is 0 Å². The molecule has 0 saturated heterocycles. The van der Waals surface area contributed by atoms with E-state index in [0.29, 0.717) is 5.56 Å². The summed E-state index contributed by atoms with van der Waals surface area (Å²) in [6.45, 7) is 0.